The van der Waals surface area contributed by atoms with Crippen LogP contribution in [0.5, 0.6) is 0 Å². The molecule has 0 N–H and O–H groups in total. The van der Waals surface area contributed by atoms with Crippen LogP contribution in [0.3, 0.4) is 0 Å². The fraction of sp³-hybridized carbons (Fsp3) is 0.154. The van der Waals surface area contributed by atoms with E-state index in [1.165, 1.54) is 6.21 Å². The Kier molecular flexibility index (Phi) is 2.74. The molecule has 8 heteroatoms. The number of carbonyl (C=O) groups excluding carboxylic acids is 1. The van der Waals surface area contributed by atoms with Crippen LogP contribution in [0.2, 0.25) is 0 Å². The van der Waals surface area contributed by atoms with Crippen molar-refractivity contribution in [3.63, 3.8) is 0 Å². The molecule has 21 heavy (non-hydrogen) atoms. The Hall–Kier alpha value is -2.61. The second-order valence-corrected chi connectivity index (χ2v) is 5.40. The number of aliphatic imine (C=N–C) groups is 1. The van der Waals surface area contributed by atoms with Crippen molar-refractivity contribution in [2.75, 3.05) is 0 Å². The minimum atomic E-state index is -0.557. The number of carbonyl (C=O) groups is 1. The summed E-state index contributed by atoms with van der Waals surface area (Å²) in [6.07, 6.45) is 9.17. The number of imidazole rings is 1. The zero-order valence-electron chi connectivity index (χ0n) is 10.7. The van der Waals surface area contributed by atoms with Crippen LogP contribution in [0.4, 0.5) is 0 Å². The van der Waals surface area contributed by atoms with Crippen molar-refractivity contribution >= 4 is 28.4 Å². The molecule has 0 fully saturated rings. The molecule has 0 saturated heterocycles. The number of allylic oxidation sites excluding steroid dienone is 1. The van der Waals surface area contributed by atoms with Crippen molar-refractivity contribution in [2.45, 2.75) is 12.3 Å². The molecule has 0 aliphatic carbocycles. The van der Waals surface area contributed by atoms with Gasteiger partial charge < -0.3 is 4.52 Å². The van der Waals surface area contributed by atoms with Gasteiger partial charge in [0.2, 0.25) is 5.89 Å². The lowest BCUT2D eigenvalue weighted by atomic mass is 10.1. The van der Waals surface area contributed by atoms with Crippen LogP contribution in [0.25, 0.3) is 4.96 Å². The number of hydrogen-bond donors (Lipinski definition) is 0. The van der Waals surface area contributed by atoms with Crippen LogP contribution in [-0.2, 0) is 11.2 Å². The number of aromatic nitrogens is 4. The molecular formula is C13H9N5O2S. The van der Waals surface area contributed by atoms with Gasteiger partial charge in [0.15, 0.2) is 10.8 Å². The topological polar surface area (TPSA) is 85.7 Å². The van der Waals surface area contributed by atoms with E-state index in [9.17, 15) is 4.79 Å². The molecule has 104 valence electrons. The van der Waals surface area contributed by atoms with Crippen molar-refractivity contribution < 1.29 is 9.32 Å². The number of thiazole rings is 1. The molecule has 0 spiro atoms. The maximum Gasteiger partial charge on any atom is 0.260 e. The number of rotatable bonds is 3. The maximum atomic E-state index is 11.7. The highest BCUT2D eigenvalue weighted by atomic mass is 32.1. The average Bonchev–Trinajstić information content (AvgIpc) is 3.15. The Balaban J connectivity index is 1.57. The van der Waals surface area contributed by atoms with Crippen molar-refractivity contribution in [3.05, 3.63) is 47.3 Å². The molecule has 1 aliphatic rings. The summed E-state index contributed by atoms with van der Waals surface area (Å²) in [4.78, 5) is 25.0. The summed E-state index contributed by atoms with van der Waals surface area (Å²) in [6, 6.07) is 0. The monoisotopic (exact) mass is 299 g/mol. The third-order valence-electron chi connectivity index (χ3n) is 3.09. The van der Waals surface area contributed by atoms with Crippen LogP contribution in [0.1, 0.15) is 23.3 Å². The summed E-state index contributed by atoms with van der Waals surface area (Å²) >= 11 is 1.56. The fourth-order valence-electron chi connectivity index (χ4n) is 2.12. The summed E-state index contributed by atoms with van der Waals surface area (Å²) < 4.78 is 7.14. The number of amides is 1. The molecule has 3 aromatic rings. The van der Waals surface area contributed by atoms with Gasteiger partial charge >= 0.3 is 0 Å². The van der Waals surface area contributed by atoms with Crippen LogP contribution in [-0.4, -0.2) is 31.6 Å². The molecule has 1 atom stereocenters. The van der Waals surface area contributed by atoms with Gasteiger partial charge in [0.1, 0.15) is 5.92 Å². The molecule has 0 aromatic carbocycles. The summed E-state index contributed by atoms with van der Waals surface area (Å²) in [5.41, 5.74) is 0.848. The summed E-state index contributed by atoms with van der Waals surface area (Å²) in [7, 11) is 0. The molecule has 3 aromatic heterocycles. The molecule has 0 radical (unpaired) electrons. The van der Waals surface area contributed by atoms with Gasteiger partial charge in [-0.15, -0.1) is 11.3 Å². The third-order valence-corrected chi connectivity index (χ3v) is 3.87. The lowest BCUT2D eigenvalue weighted by molar-refractivity contribution is -0.118. The van der Waals surface area contributed by atoms with E-state index in [-0.39, 0.29) is 5.91 Å². The number of dihydropyridines is 1. The van der Waals surface area contributed by atoms with E-state index in [0.717, 1.165) is 10.7 Å². The van der Waals surface area contributed by atoms with E-state index in [4.69, 9.17) is 4.52 Å². The van der Waals surface area contributed by atoms with E-state index in [1.54, 1.807) is 23.5 Å². The van der Waals surface area contributed by atoms with Crippen molar-refractivity contribution in [2.24, 2.45) is 4.99 Å². The quantitative estimate of drug-likeness (QED) is 0.733. The predicted molar refractivity (Wildman–Crippen MR) is 75.6 cm³/mol. The predicted octanol–water partition coefficient (Wildman–Crippen LogP) is 1.62. The van der Waals surface area contributed by atoms with Crippen molar-refractivity contribution in [1.82, 2.24) is 19.5 Å². The first-order valence-corrected chi connectivity index (χ1v) is 7.16. The van der Waals surface area contributed by atoms with Gasteiger partial charge in [-0.1, -0.05) is 11.2 Å². The van der Waals surface area contributed by atoms with Gasteiger partial charge in [0.05, 0.1) is 12.1 Å². The highest BCUT2D eigenvalue weighted by Crippen LogP contribution is 2.19. The maximum absolute atomic E-state index is 11.7. The fourth-order valence-corrected chi connectivity index (χ4v) is 2.84. The normalized spacial score (nSPS) is 17.9. The molecule has 4 rings (SSSR count). The van der Waals surface area contributed by atoms with Gasteiger partial charge in [-0.25, -0.2) is 9.98 Å². The lowest BCUT2D eigenvalue weighted by Gasteiger charge is -2.04. The SMILES string of the molecule is O=C1N=CC=CC1c1noc(Cc2cn3ccsc3n2)n1. The molecule has 0 bridgehead atoms. The van der Waals surface area contributed by atoms with Crippen molar-refractivity contribution in [3.8, 4) is 0 Å². The molecular weight excluding hydrogens is 290 g/mol. The van der Waals surface area contributed by atoms with E-state index >= 15 is 0 Å². The summed E-state index contributed by atoms with van der Waals surface area (Å²) in [6.45, 7) is 0. The van der Waals surface area contributed by atoms with Crippen LogP contribution in [0, 0.1) is 0 Å². The van der Waals surface area contributed by atoms with Gasteiger partial charge in [0.25, 0.3) is 5.91 Å². The third kappa shape index (κ3) is 2.19. The van der Waals surface area contributed by atoms with Crippen molar-refractivity contribution in [1.29, 1.82) is 0 Å². The minimum absolute atomic E-state index is 0.285. The Morgan fingerprint density at radius 2 is 2.33 bits per heavy atom. The standard InChI is InChI=1S/C13H9N5O2S/c19-12-9(2-1-3-14-12)11-16-10(20-17-11)6-8-7-18-4-5-21-13(18)15-8/h1-5,7,9H,6H2. The van der Waals surface area contributed by atoms with Gasteiger partial charge in [-0.2, -0.15) is 4.98 Å². The molecule has 0 saturated carbocycles. The van der Waals surface area contributed by atoms with Crippen LogP contribution in [0.15, 0.2) is 39.4 Å². The minimum Gasteiger partial charge on any atom is -0.339 e. The molecule has 4 heterocycles. The second kappa shape index (κ2) is 4.74. The highest BCUT2D eigenvalue weighted by Gasteiger charge is 2.24. The number of fused-ring (bicyclic) bond motifs is 1. The summed E-state index contributed by atoms with van der Waals surface area (Å²) in [5, 5.41) is 5.83. The van der Waals surface area contributed by atoms with E-state index in [1.807, 2.05) is 22.2 Å². The van der Waals surface area contributed by atoms with Gasteiger partial charge in [0, 0.05) is 24.0 Å². The molecule has 1 unspecified atom stereocenters. The zero-order chi connectivity index (χ0) is 14.2. The van der Waals surface area contributed by atoms with Crippen LogP contribution < -0.4 is 0 Å². The van der Waals surface area contributed by atoms with Gasteiger partial charge in [-0.3, -0.25) is 9.20 Å². The van der Waals surface area contributed by atoms with E-state index < -0.39 is 5.92 Å². The summed E-state index contributed by atoms with van der Waals surface area (Å²) in [5.74, 6) is -0.0685. The van der Waals surface area contributed by atoms with E-state index in [0.29, 0.717) is 18.1 Å². The second-order valence-electron chi connectivity index (χ2n) is 4.53. The Morgan fingerprint density at radius 1 is 1.38 bits per heavy atom. The van der Waals surface area contributed by atoms with E-state index in [2.05, 4.69) is 20.1 Å². The first kappa shape index (κ1) is 12.2. The molecule has 7 nitrogen and oxygen atoms in total. The molecule has 1 amide bonds. The number of nitrogens with zero attached hydrogens (tertiary/aromatic N) is 5. The first-order chi connectivity index (χ1) is 10.3. The zero-order valence-corrected chi connectivity index (χ0v) is 11.5. The Morgan fingerprint density at radius 3 is 3.19 bits per heavy atom. The smallest absolute Gasteiger partial charge is 0.260 e. The Bertz CT molecular complexity index is 844. The average molecular weight is 299 g/mol. The largest absolute Gasteiger partial charge is 0.339 e. The lowest BCUT2D eigenvalue weighted by Crippen LogP contribution is -2.12. The molecule has 1 aliphatic heterocycles. The van der Waals surface area contributed by atoms with Crippen LogP contribution >= 0.6 is 11.3 Å². The number of hydrogen-bond acceptors (Lipinski definition) is 6. The van der Waals surface area contributed by atoms with Gasteiger partial charge in [-0.05, 0) is 6.08 Å². The Labute approximate surface area is 122 Å². The first-order valence-electron chi connectivity index (χ1n) is 6.28. The highest BCUT2D eigenvalue weighted by molar-refractivity contribution is 7.15.